The largest absolute Gasteiger partial charge is 0.337 e. The van der Waals surface area contributed by atoms with Gasteiger partial charge in [0.25, 0.3) is 5.91 Å². The summed E-state index contributed by atoms with van der Waals surface area (Å²) in [7, 11) is 0. The van der Waals surface area contributed by atoms with Crippen molar-refractivity contribution in [3.8, 4) is 0 Å². The van der Waals surface area contributed by atoms with Crippen molar-refractivity contribution in [1.82, 2.24) is 4.90 Å². The van der Waals surface area contributed by atoms with Crippen LogP contribution >= 0.6 is 0 Å². The predicted octanol–water partition coefficient (Wildman–Crippen LogP) is 1.11. The van der Waals surface area contributed by atoms with E-state index in [1.165, 1.54) is 0 Å². The number of nitrogens with zero attached hydrogens (tertiary/aromatic N) is 1. The number of carbonyl (C=O) groups excluding carboxylic acids is 1. The van der Waals surface area contributed by atoms with Gasteiger partial charge in [0, 0.05) is 24.7 Å². The maximum absolute atomic E-state index is 12.0. The zero-order valence-corrected chi connectivity index (χ0v) is 8.89. The minimum Gasteiger partial charge on any atom is -0.337 e. The van der Waals surface area contributed by atoms with Crippen LogP contribution in [0.15, 0.2) is 30.3 Å². The molecule has 1 aliphatic heterocycles. The highest BCUT2D eigenvalue weighted by Crippen LogP contribution is 2.17. The normalized spacial score (nSPS) is 25.6. The van der Waals surface area contributed by atoms with Crippen molar-refractivity contribution >= 4 is 5.91 Å². The number of nitrogens with two attached hydrogens (primary N) is 1. The SMILES string of the molecule is CC1CN(C(=O)c2ccccc2)CC1N. The van der Waals surface area contributed by atoms with Gasteiger partial charge in [0.2, 0.25) is 0 Å². The third-order valence-corrected chi connectivity index (χ3v) is 2.98. The van der Waals surface area contributed by atoms with Crippen molar-refractivity contribution < 1.29 is 4.79 Å². The van der Waals surface area contributed by atoms with Crippen molar-refractivity contribution in [2.24, 2.45) is 11.7 Å². The molecule has 1 aromatic rings. The summed E-state index contributed by atoms with van der Waals surface area (Å²) in [5.41, 5.74) is 6.64. The van der Waals surface area contributed by atoms with E-state index in [0.29, 0.717) is 12.5 Å². The highest BCUT2D eigenvalue weighted by molar-refractivity contribution is 5.94. The van der Waals surface area contributed by atoms with Crippen molar-refractivity contribution in [3.63, 3.8) is 0 Å². The van der Waals surface area contributed by atoms with E-state index < -0.39 is 0 Å². The number of hydrogen-bond acceptors (Lipinski definition) is 2. The maximum atomic E-state index is 12.0. The van der Waals surface area contributed by atoms with Crippen LogP contribution in [0.2, 0.25) is 0 Å². The molecule has 2 rings (SSSR count). The first-order valence-corrected chi connectivity index (χ1v) is 5.28. The first kappa shape index (κ1) is 10.2. The van der Waals surface area contributed by atoms with E-state index in [1.807, 2.05) is 35.2 Å². The second-order valence-electron chi connectivity index (χ2n) is 4.22. The lowest BCUT2D eigenvalue weighted by Gasteiger charge is -2.15. The van der Waals surface area contributed by atoms with Crippen molar-refractivity contribution in [3.05, 3.63) is 35.9 Å². The summed E-state index contributed by atoms with van der Waals surface area (Å²) in [6, 6.07) is 9.49. The fourth-order valence-electron chi connectivity index (χ4n) is 1.92. The Balaban J connectivity index is 2.10. The van der Waals surface area contributed by atoms with Crippen LogP contribution in [0.4, 0.5) is 0 Å². The van der Waals surface area contributed by atoms with Crippen LogP contribution in [0.25, 0.3) is 0 Å². The third kappa shape index (κ3) is 2.02. The van der Waals surface area contributed by atoms with Crippen molar-refractivity contribution in [2.45, 2.75) is 13.0 Å². The molecule has 80 valence electrons. The van der Waals surface area contributed by atoms with E-state index in [4.69, 9.17) is 5.73 Å². The van der Waals surface area contributed by atoms with Gasteiger partial charge in [-0.2, -0.15) is 0 Å². The Labute approximate surface area is 89.9 Å². The molecule has 1 amide bonds. The van der Waals surface area contributed by atoms with E-state index in [1.54, 1.807) is 0 Å². The van der Waals surface area contributed by atoms with Gasteiger partial charge in [-0.25, -0.2) is 0 Å². The Morgan fingerprint density at radius 3 is 2.53 bits per heavy atom. The van der Waals surface area contributed by atoms with Gasteiger partial charge in [-0.15, -0.1) is 0 Å². The Morgan fingerprint density at radius 2 is 2.00 bits per heavy atom. The summed E-state index contributed by atoms with van der Waals surface area (Å²) in [6.45, 7) is 3.53. The van der Waals surface area contributed by atoms with E-state index in [0.717, 1.165) is 12.1 Å². The molecule has 1 saturated heterocycles. The average Bonchev–Trinajstić information content (AvgIpc) is 2.59. The molecule has 0 aromatic heterocycles. The van der Waals surface area contributed by atoms with Gasteiger partial charge in [-0.1, -0.05) is 25.1 Å². The zero-order valence-electron chi connectivity index (χ0n) is 8.89. The molecule has 3 nitrogen and oxygen atoms in total. The quantitative estimate of drug-likeness (QED) is 0.744. The molecule has 3 heteroatoms. The molecule has 0 saturated carbocycles. The highest BCUT2D eigenvalue weighted by Gasteiger charge is 2.30. The smallest absolute Gasteiger partial charge is 0.253 e. The summed E-state index contributed by atoms with van der Waals surface area (Å²) < 4.78 is 0. The Hall–Kier alpha value is -1.35. The third-order valence-electron chi connectivity index (χ3n) is 2.98. The number of rotatable bonds is 1. The monoisotopic (exact) mass is 204 g/mol. The predicted molar refractivity (Wildman–Crippen MR) is 59.5 cm³/mol. The van der Waals surface area contributed by atoms with Crippen LogP contribution in [0, 0.1) is 5.92 Å². The van der Waals surface area contributed by atoms with Crippen molar-refractivity contribution in [2.75, 3.05) is 13.1 Å². The van der Waals surface area contributed by atoms with E-state index in [2.05, 4.69) is 6.92 Å². The van der Waals surface area contributed by atoms with Crippen molar-refractivity contribution in [1.29, 1.82) is 0 Å². The molecule has 0 radical (unpaired) electrons. The summed E-state index contributed by atoms with van der Waals surface area (Å²) in [5, 5.41) is 0. The van der Waals surface area contributed by atoms with E-state index >= 15 is 0 Å². The van der Waals surface area contributed by atoms with Gasteiger partial charge >= 0.3 is 0 Å². The topological polar surface area (TPSA) is 46.3 Å². The van der Waals surface area contributed by atoms with Crippen LogP contribution in [0.3, 0.4) is 0 Å². The van der Waals surface area contributed by atoms with Gasteiger partial charge in [0.15, 0.2) is 0 Å². The molecule has 0 aliphatic carbocycles. The molecule has 1 aliphatic rings. The van der Waals surface area contributed by atoms with Crippen LogP contribution < -0.4 is 5.73 Å². The Kier molecular flexibility index (Phi) is 2.73. The number of likely N-dealkylation sites (tertiary alicyclic amines) is 1. The molecule has 0 bridgehead atoms. The lowest BCUT2D eigenvalue weighted by atomic mass is 10.1. The Morgan fingerprint density at radius 1 is 1.33 bits per heavy atom. The molecular weight excluding hydrogens is 188 g/mol. The van der Waals surface area contributed by atoms with E-state index in [9.17, 15) is 4.79 Å². The molecule has 0 spiro atoms. The van der Waals surface area contributed by atoms with Gasteiger partial charge in [0.1, 0.15) is 0 Å². The standard InChI is InChI=1S/C12H16N2O/c1-9-7-14(8-11(9)13)12(15)10-5-3-2-4-6-10/h2-6,9,11H,7-8,13H2,1H3. The number of amides is 1. The molecule has 2 unspecified atom stereocenters. The van der Waals surface area contributed by atoms with Gasteiger partial charge < -0.3 is 10.6 Å². The highest BCUT2D eigenvalue weighted by atomic mass is 16.2. The molecule has 1 fully saturated rings. The number of benzene rings is 1. The second kappa shape index (κ2) is 4.03. The van der Waals surface area contributed by atoms with Gasteiger partial charge in [-0.05, 0) is 18.1 Å². The van der Waals surface area contributed by atoms with Gasteiger partial charge in [-0.3, -0.25) is 4.79 Å². The Bertz CT molecular complexity index is 340. The summed E-state index contributed by atoms with van der Waals surface area (Å²) in [5.74, 6) is 0.494. The van der Waals surface area contributed by atoms with Crippen LogP contribution in [-0.4, -0.2) is 29.9 Å². The minimum atomic E-state index is 0.0930. The molecule has 2 N–H and O–H groups in total. The zero-order chi connectivity index (χ0) is 10.8. The van der Waals surface area contributed by atoms with Crippen LogP contribution in [-0.2, 0) is 0 Å². The average molecular weight is 204 g/mol. The minimum absolute atomic E-state index is 0.0930. The molecule has 1 aromatic carbocycles. The lowest BCUT2D eigenvalue weighted by Crippen LogP contribution is -2.32. The first-order chi connectivity index (χ1) is 7.18. The summed E-state index contributed by atoms with van der Waals surface area (Å²) in [4.78, 5) is 13.8. The first-order valence-electron chi connectivity index (χ1n) is 5.28. The van der Waals surface area contributed by atoms with E-state index in [-0.39, 0.29) is 11.9 Å². The molecule has 15 heavy (non-hydrogen) atoms. The molecular formula is C12H16N2O. The van der Waals surface area contributed by atoms with Crippen LogP contribution in [0.5, 0.6) is 0 Å². The summed E-state index contributed by atoms with van der Waals surface area (Å²) in [6.07, 6.45) is 0. The number of hydrogen-bond donors (Lipinski definition) is 1. The molecule has 2 atom stereocenters. The van der Waals surface area contributed by atoms with Crippen LogP contribution in [0.1, 0.15) is 17.3 Å². The van der Waals surface area contributed by atoms with Gasteiger partial charge in [0.05, 0.1) is 0 Å². The second-order valence-corrected chi connectivity index (χ2v) is 4.22. The molecule has 1 heterocycles. The number of carbonyl (C=O) groups is 1. The fraction of sp³-hybridized carbons (Fsp3) is 0.417. The maximum Gasteiger partial charge on any atom is 0.253 e. The fourth-order valence-corrected chi connectivity index (χ4v) is 1.92. The lowest BCUT2D eigenvalue weighted by molar-refractivity contribution is 0.0787. The summed E-state index contributed by atoms with van der Waals surface area (Å²) >= 11 is 0.